The molecule has 1 aliphatic heterocycles. The Morgan fingerprint density at radius 3 is 3.08 bits per heavy atom. The van der Waals surface area contributed by atoms with Crippen LogP contribution in [0.25, 0.3) is 0 Å². The number of aromatic nitrogens is 2. The Kier molecular flexibility index (Phi) is 2.12. The molecule has 1 atom stereocenters. The molecule has 1 aromatic rings. The summed E-state index contributed by atoms with van der Waals surface area (Å²) in [5.74, 6) is 0.634. The Hall–Kier alpha value is -0.830. The zero-order valence-electron chi connectivity index (χ0n) is 8.54. The Balaban J connectivity index is 2.40. The summed E-state index contributed by atoms with van der Waals surface area (Å²) in [4.78, 5) is 4.41. The summed E-state index contributed by atoms with van der Waals surface area (Å²) < 4.78 is 2.14. The van der Waals surface area contributed by atoms with Crippen LogP contribution in [0.15, 0.2) is 6.33 Å². The molecule has 0 spiro atoms. The minimum Gasteiger partial charge on any atom is -0.336 e. The first-order valence-corrected chi connectivity index (χ1v) is 4.93. The van der Waals surface area contributed by atoms with Gasteiger partial charge in [-0.3, -0.25) is 0 Å². The lowest BCUT2D eigenvalue weighted by Gasteiger charge is -2.27. The highest BCUT2D eigenvalue weighted by Gasteiger charge is 2.25. The highest BCUT2D eigenvalue weighted by molar-refractivity contribution is 5.21. The van der Waals surface area contributed by atoms with E-state index in [9.17, 15) is 0 Å². The van der Waals surface area contributed by atoms with E-state index in [0.29, 0.717) is 12.0 Å². The minimum atomic E-state index is 0.483. The van der Waals surface area contributed by atoms with Crippen LogP contribution in [0, 0.1) is 5.92 Å². The molecule has 3 heteroatoms. The second-order valence-electron chi connectivity index (χ2n) is 4.11. The Bertz CT molecular complexity index is 301. The van der Waals surface area contributed by atoms with Crippen molar-refractivity contribution in [3.05, 3.63) is 17.7 Å². The van der Waals surface area contributed by atoms with E-state index in [1.54, 1.807) is 0 Å². The number of imidazole rings is 1. The predicted molar refractivity (Wildman–Crippen MR) is 52.5 cm³/mol. The van der Waals surface area contributed by atoms with Gasteiger partial charge in [0.2, 0.25) is 0 Å². The highest BCUT2D eigenvalue weighted by Crippen LogP contribution is 2.26. The number of nitrogens with zero attached hydrogens (tertiary/aromatic N) is 2. The summed E-state index contributed by atoms with van der Waals surface area (Å²) >= 11 is 0. The fourth-order valence-electron chi connectivity index (χ4n) is 2.07. The average Bonchev–Trinajstić information content (AvgIpc) is 2.48. The molecular formula is C10H17N3. The zero-order chi connectivity index (χ0) is 9.42. The van der Waals surface area contributed by atoms with Crippen molar-refractivity contribution in [2.75, 3.05) is 6.54 Å². The van der Waals surface area contributed by atoms with E-state index in [1.165, 1.54) is 11.4 Å². The van der Waals surface area contributed by atoms with E-state index in [1.807, 2.05) is 6.33 Å². The summed E-state index contributed by atoms with van der Waals surface area (Å²) in [5.41, 5.74) is 2.65. The third-order valence-corrected chi connectivity index (χ3v) is 2.75. The van der Waals surface area contributed by atoms with Crippen LogP contribution in [0.3, 0.4) is 0 Å². The van der Waals surface area contributed by atoms with Gasteiger partial charge in [-0.15, -0.1) is 0 Å². The topological polar surface area (TPSA) is 29.9 Å². The first kappa shape index (κ1) is 8.75. The van der Waals surface area contributed by atoms with Crippen molar-refractivity contribution in [2.45, 2.75) is 26.3 Å². The van der Waals surface area contributed by atoms with Gasteiger partial charge < -0.3 is 9.88 Å². The maximum atomic E-state index is 4.41. The van der Waals surface area contributed by atoms with Crippen LogP contribution in [0.5, 0.6) is 0 Å². The SMILES string of the molecule is CC(C)C1NCCc2ncn(C)c21. The molecule has 0 radical (unpaired) electrons. The second-order valence-corrected chi connectivity index (χ2v) is 4.11. The lowest BCUT2D eigenvalue weighted by atomic mass is 9.95. The first-order valence-electron chi connectivity index (χ1n) is 4.93. The van der Waals surface area contributed by atoms with E-state index in [2.05, 4.69) is 35.8 Å². The molecule has 0 fully saturated rings. The van der Waals surface area contributed by atoms with Crippen molar-refractivity contribution in [3.8, 4) is 0 Å². The van der Waals surface area contributed by atoms with Crippen LogP contribution in [0.4, 0.5) is 0 Å². The molecule has 0 saturated carbocycles. The molecule has 0 bridgehead atoms. The quantitative estimate of drug-likeness (QED) is 0.703. The van der Waals surface area contributed by atoms with E-state index in [4.69, 9.17) is 0 Å². The normalized spacial score (nSPS) is 22.0. The van der Waals surface area contributed by atoms with E-state index < -0.39 is 0 Å². The summed E-state index contributed by atoms with van der Waals surface area (Å²) in [6.07, 6.45) is 2.99. The molecule has 0 aromatic carbocycles. The van der Waals surface area contributed by atoms with Gasteiger partial charge in [0, 0.05) is 20.0 Å². The molecule has 72 valence electrons. The molecule has 2 rings (SSSR count). The number of fused-ring (bicyclic) bond motifs is 1. The fraction of sp³-hybridized carbons (Fsp3) is 0.700. The standard InChI is InChI=1S/C10H17N3/c1-7(2)9-10-8(4-5-11-9)12-6-13(10)3/h6-7,9,11H,4-5H2,1-3H3. The molecule has 3 nitrogen and oxygen atoms in total. The molecular weight excluding hydrogens is 162 g/mol. The van der Waals surface area contributed by atoms with Gasteiger partial charge in [0.05, 0.1) is 23.8 Å². The Labute approximate surface area is 79.2 Å². The molecule has 0 aliphatic carbocycles. The van der Waals surface area contributed by atoms with Gasteiger partial charge in [0.15, 0.2) is 0 Å². The fourth-order valence-corrected chi connectivity index (χ4v) is 2.07. The van der Waals surface area contributed by atoms with Crippen LogP contribution in [-0.2, 0) is 13.5 Å². The molecule has 0 amide bonds. The molecule has 13 heavy (non-hydrogen) atoms. The van der Waals surface area contributed by atoms with Crippen molar-refractivity contribution in [3.63, 3.8) is 0 Å². The average molecular weight is 179 g/mol. The first-order chi connectivity index (χ1) is 6.20. The van der Waals surface area contributed by atoms with E-state index in [0.717, 1.165) is 13.0 Å². The molecule has 1 N–H and O–H groups in total. The molecule has 0 saturated heterocycles. The summed E-state index contributed by atoms with van der Waals surface area (Å²) in [5, 5.41) is 3.54. The smallest absolute Gasteiger partial charge is 0.0949 e. The number of aryl methyl sites for hydroxylation is 1. The lowest BCUT2D eigenvalue weighted by molar-refractivity contribution is 0.377. The minimum absolute atomic E-state index is 0.483. The number of hydrogen-bond donors (Lipinski definition) is 1. The van der Waals surface area contributed by atoms with Gasteiger partial charge in [-0.05, 0) is 5.92 Å². The molecule has 2 heterocycles. The van der Waals surface area contributed by atoms with Crippen molar-refractivity contribution in [2.24, 2.45) is 13.0 Å². The van der Waals surface area contributed by atoms with Crippen molar-refractivity contribution in [1.29, 1.82) is 0 Å². The van der Waals surface area contributed by atoms with Gasteiger partial charge in [0.25, 0.3) is 0 Å². The van der Waals surface area contributed by atoms with Gasteiger partial charge in [-0.1, -0.05) is 13.8 Å². The predicted octanol–water partition coefficient (Wildman–Crippen LogP) is 1.26. The van der Waals surface area contributed by atoms with Crippen LogP contribution >= 0.6 is 0 Å². The Morgan fingerprint density at radius 1 is 1.62 bits per heavy atom. The molecule has 1 aliphatic rings. The number of hydrogen-bond acceptors (Lipinski definition) is 2. The van der Waals surface area contributed by atoms with Crippen LogP contribution in [0.1, 0.15) is 31.3 Å². The van der Waals surface area contributed by atoms with Crippen molar-refractivity contribution in [1.82, 2.24) is 14.9 Å². The van der Waals surface area contributed by atoms with Crippen LogP contribution < -0.4 is 5.32 Å². The number of rotatable bonds is 1. The molecule has 1 aromatic heterocycles. The summed E-state index contributed by atoms with van der Waals surface area (Å²) in [6.45, 7) is 5.56. The third kappa shape index (κ3) is 1.37. The van der Waals surface area contributed by atoms with Gasteiger partial charge >= 0.3 is 0 Å². The van der Waals surface area contributed by atoms with E-state index in [-0.39, 0.29) is 0 Å². The van der Waals surface area contributed by atoms with E-state index >= 15 is 0 Å². The zero-order valence-corrected chi connectivity index (χ0v) is 8.54. The highest BCUT2D eigenvalue weighted by atomic mass is 15.1. The maximum Gasteiger partial charge on any atom is 0.0949 e. The molecule has 1 unspecified atom stereocenters. The maximum absolute atomic E-state index is 4.41. The lowest BCUT2D eigenvalue weighted by Crippen LogP contribution is -2.34. The Morgan fingerprint density at radius 2 is 2.38 bits per heavy atom. The van der Waals surface area contributed by atoms with Crippen molar-refractivity contribution < 1.29 is 0 Å². The van der Waals surface area contributed by atoms with Crippen molar-refractivity contribution >= 4 is 0 Å². The summed E-state index contributed by atoms with van der Waals surface area (Å²) in [7, 11) is 2.08. The van der Waals surface area contributed by atoms with Crippen LogP contribution in [0.2, 0.25) is 0 Å². The largest absolute Gasteiger partial charge is 0.336 e. The summed E-state index contributed by atoms with van der Waals surface area (Å²) in [6, 6.07) is 0.483. The van der Waals surface area contributed by atoms with Gasteiger partial charge in [0.1, 0.15) is 0 Å². The third-order valence-electron chi connectivity index (χ3n) is 2.75. The van der Waals surface area contributed by atoms with Gasteiger partial charge in [-0.25, -0.2) is 4.98 Å². The van der Waals surface area contributed by atoms with Gasteiger partial charge in [-0.2, -0.15) is 0 Å². The van der Waals surface area contributed by atoms with Crippen LogP contribution in [-0.4, -0.2) is 16.1 Å². The number of nitrogens with one attached hydrogen (secondary N) is 1. The second kappa shape index (κ2) is 3.14. The monoisotopic (exact) mass is 179 g/mol.